The molecule has 0 aliphatic rings. The molecule has 0 fully saturated rings. The van der Waals surface area contributed by atoms with Gasteiger partial charge in [0, 0.05) is 0 Å². The molecule has 5 nitrogen and oxygen atoms in total. The summed E-state index contributed by atoms with van der Waals surface area (Å²) < 4.78 is 40.8. The van der Waals surface area contributed by atoms with Gasteiger partial charge < -0.3 is 0 Å². The van der Waals surface area contributed by atoms with Gasteiger partial charge in [0.2, 0.25) is 0 Å². The van der Waals surface area contributed by atoms with Gasteiger partial charge in [-0.25, -0.2) is 22.8 Å². The standard InChI is InChI=1S/C11H8Br2FN3O2S/c1-6-2-3-7(14)8(4-6)20(18,19)17-11-10(13)16-9(12)5-15-11/h2-5H,1H3,(H,15,17). The number of nitrogens with zero attached hydrogens (tertiary/aromatic N) is 2. The molecule has 0 amide bonds. The van der Waals surface area contributed by atoms with Crippen LogP contribution in [0.15, 0.2) is 38.5 Å². The monoisotopic (exact) mass is 423 g/mol. The third kappa shape index (κ3) is 3.33. The lowest BCUT2D eigenvalue weighted by Crippen LogP contribution is -2.16. The van der Waals surface area contributed by atoms with E-state index in [2.05, 4.69) is 46.5 Å². The van der Waals surface area contributed by atoms with E-state index in [1.54, 1.807) is 6.92 Å². The minimum atomic E-state index is -4.07. The number of sulfonamides is 1. The van der Waals surface area contributed by atoms with Crippen molar-refractivity contribution in [1.29, 1.82) is 0 Å². The van der Waals surface area contributed by atoms with Crippen molar-refractivity contribution in [3.05, 3.63) is 45.0 Å². The quantitative estimate of drug-likeness (QED) is 0.820. The van der Waals surface area contributed by atoms with Crippen LogP contribution in [0.5, 0.6) is 0 Å². The number of halogens is 3. The summed E-state index contributed by atoms with van der Waals surface area (Å²) in [5.41, 5.74) is 0.632. The molecule has 0 bridgehead atoms. The molecule has 0 unspecified atom stereocenters. The highest BCUT2D eigenvalue weighted by Gasteiger charge is 2.21. The molecule has 0 saturated heterocycles. The third-order valence-electron chi connectivity index (χ3n) is 2.31. The molecule has 0 aliphatic carbocycles. The van der Waals surface area contributed by atoms with Gasteiger partial charge >= 0.3 is 0 Å². The smallest absolute Gasteiger partial charge is 0.261 e. The van der Waals surface area contributed by atoms with E-state index >= 15 is 0 Å². The van der Waals surface area contributed by atoms with Crippen molar-refractivity contribution in [2.24, 2.45) is 0 Å². The maximum atomic E-state index is 13.7. The Bertz CT molecular complexity index is 768. The van der Waals surface area contributed by atoms with Crippen LogP contribution in [0.2, 0.25) is 0 Å². The van der Waals surface area contributed by atoms with Crippen LogP contribution in [0.4, 0.5) is 10.2 Å². The molecule has 106 valence electrons. The Hall–Kier alpha value is -1.06. The average Bonchev–Trinajstić information content (AvgIpc) is 2.35. The van der Waals surface area contributed by atoms with Crippen molar-refractivity contribution in [1.82, 2.24) is 9.97 Å². The van der Waals surface area contributed by atoms with Crippen LogP contribution >= 0.6 is 31.9 Å². The van der Waals surface area contributed by atoms with E-state index in [0.717, 1.165) is 6.07 Å². The van der Waals surface area contributed by atoms with Crippen molar-refractivity contribution < 1.29 is 12.8 Å². The second kappa shape index (κ2) is 5.74. The van der Waals surface area contributed by atoms with Crippen LogP contribution in [-0.2, 0) is 10.0 Å². The zero-order valence-electron chi connectivity index (χ0n) is 10.1. The van der Waals surface area contributed by atoms with E-state index < -0.39 is 20.7 Å². The van der Waals surface area contributed by atoms with E-state index in [9.17, 15) is 12.8 Å². The normalized spacial score (nSPS) is 11.4. The molecule has 9 heteroatoms. The predicted molar refractivity (Wildman–Crippen MR) is 79.4 cm³/mol. The first-order valence-corrected chi connectivity index (χ1v) is 8.33. The number of benzene rings is 1. The summed E-state index contributed by atoms with van der Waals surface area (Å²) in [5, 5.41) is 0. The summed E-state index contributed by atoms with van der Waals surface area (Å²) in [7, 11) is -4.07. The largest absolute Gasteiger partial charge is 0.266 e. The van der Waals surface area contributed by atoms with Gasteiger partial charge in [-0.2, -0.15) is 0 Å². The molecule has 0 saturated carbocycles. The topological polar surface area (TPSA) is 72.0 Å². The van der Waals surface area contributed by atoms with Crippen LogP contribution in [0, 0.1) is 12.7 Å². The van der Waals surface area contributed by atoms with Crippen LogP contribution in [0.25, 0.3) is 0 Å². The van der Waals surface area contributed by atoms with Crippen molar-refractivity contribution in [2.45, 2.75) is 11.8 Å². The first kappa shape index (κ1) is 15.3. The van der Waals surface area contributed by atoms with Gasteiger partial charge in [-0.15, -0.1) is 0 Å². The zero-order valence-corrected chi connectivity index (χ0v) is 14.1. The summed E-state index contributed by atoms with van der Waals surface area (Å²) in [4.78, 5) is 7.38. The predicted octanol–water partition coefficient (Wildman–Crippen LogP) is 3.25. The Kier molecular flexibility index (Phi) is 4.40. The van der Waals surface area contributed by atoms with E-state index in [-0.39, 0.29) is 10.4 Å². The highest BCUT2D eigenvalue weighted by atomic mass is 79.9. The van der Waals surface area contributed by atoms with Gasteiger partial charge in [-0.3, -0.25) is 4.72 Å². The van der Waals surface area contributed by atoms with Gasteiger partial charge in [0.15, 0.2) is 10.4 Å². The molecule has 1 aromatic carbocycles. The lowest BCUT2D eigenvalue weighted by molar-refractivity contribution is 0.569. The molecular weight excluding hydrogens is 417 g/mol. The number of hydrogen-bond acceptors (Lipinski definition) is 4. The fraction of sp³-hybridized carbons (Fsp3) is 0.0909. The fourth-order valence-electron chi connectivity index (χ4n) is 1.41. The summed E-state index contributed by atoms with van der Waals surface area (Å²) in [5.74, 6) is -0.849. The van der Waals surface area contributed by atoms with Gasteiger partial charge in [-0.05, 0) is 56.5 Å². The van der Waals surface area contributed by atoms with E-state index in [1.165, 1.54) is 18.3 Å². The van der Waals surface area contributed by atoms with Gasteiger partial charge in [0.05, 0.1) is 6.20 Å². The molecule has 2 aromatic rings. The molecule has 0 aliphatic heterocycles. The van der Waals surface area contributed by atoms with Gasteiger partial charge in [-0.1, -0.05) is 6.07 Å². The Labute approximate surface area is 132 Å². The Morgan fingerprint density at radius 2 is 2.00 bits per heavy atom. The summed E-state index contributed by atoms with van der Waals surface area (Å²) >= 11 is 6.18. The van der Waals surface area contributed by atoms with E-state index in [1.807, 2.05) is 0 Å². The lowest BCUT2D eigenvalue weighted by Gasteiger charge is -2.09. The van der Waals surface area contributed by atoms with Crippen LogP contribution < -0.4 is 4.72 Å². The highest BCUT2D eigenvalue weighted by molar-refractivity contribution is 9.11. The number of hydrogen-bond donors (Lipinski definition) is 1. The minimum Gasteiger partial charge on any atom is -0.261 e. The first-order chi connectivity index (χ1) is 9.29. The molecule has 0 atom stereocenters. The van der Waals surface area contributed by atoms with Crippen LogP contribution in [-0.4, -0.2) is 18.4 Å². The number of aromatic nitrogens is 2. The SMILES string of the molecule is Cc1ccc(F)c(S(=O)(=O)Nc2ncc(Br)nc2Br)c1. The number of aryl methyl sites for hydroxylation is 1. The molecule has 0 spiro atoms. The summed E-state index contributed by atoms with van der Waals surface area (Å²) in [6.45, 7) is 1.67. The highest BCUT2D eigenvalue weighted by Crippen LogP contribution is 2.24. The minimum absolute atomic E-state index is 0.0193. The molecule has 1 heterocycles. The molecule has 1 aromatic heterocycles. The van der Waals surface area contributed by atoms with Crippen LogP contribution in [0.3, 0.4) is 0 Å². The lowest BCUT2D eigenvalue weighted by atomic mass is 10.2. The number of rotatable bonds is 3. The van der Waals surface area contributed by atoms with Gasteiger partial charge in [0.1, 0.15) is 15.3 Å². The Balaban J connectivity index is 2.43. The van der Waals surface area contributed by atoms with E-state index in [0.29, 0.717) is 10.2 Å². The molecule has 1 N–H and O–H groups in total. The molecule has 20 heavy (non-hydrogen) atoms. The zero-order chi connectivity index (χ0) is 14.9. The Morgan fingerprint density at radius 3 is 2.65 bits per heavy atom. The van der Waals surface area contributed by atoms with E-state index in [4.69, 9.17) is 0 Å². The maximum Gasteiger partial charge on any atom is 0.266 e. The Morgan fingerprint density at radius 1 is 1.30 bits per heavy atom. The van der Waals surface area contributed by atoms with Crippen molar-refractivity contribution in [2.75, 3.05) is 4.72 Å². The number of nitrogens with one attached hydrogen (secondary N) is 1. The van der Waals surface area contributed by atoms with Gasteiger partial charge in [0.25, 0.3) is 10.0 Å². The molecule has 2 rings (SSSR count). The summed E-state index contributed by atoms with van der Waals surface area (Å²) in [6.07, 6.45) is 1.33. The van der Waals surface area contributed by atoms with Crippen molar-refractivity contribution in [3.63, 3.8) is 0 Å². The van der Waals surface area contributed by atoms with Crippen molar-refractivity contribution in [3.8, 4) is 0 Å². The molecule has 0 radical (unpaired) electrons. The number of anilines is 1. The summed E-state index contributed by atoms with van der Waals surface area (Å²) in [6, 6.07) is 3.84. The molecular formula is C11H8Br2FN3O2S. The van der Waals surface area contributed by atoms with Crippen molar-refractivity contribution >= 4 is 47.7 Å². The van der Waals surface area contributed by atoms with Crippen LogP contribution in [0.1, 0.15) is 5.56 Å². The average molecular weight is 425 g/mol. The fourth-order valence-corrected chi connectivity index (χ4v) is 3.63. The second-order valence-corrected chi connectivity index (χ2v) is 7.09. The second-order valence-electron chi connectivity index (χ2n) is 3.87. The third-order valence-corrected chi connectivity index (χ3v) is 4.60. The first-order valence-electron chi connectivity index (χ1n) is 5.26. The maximum absolute atomic E-state index is 13.7.